The first-order valence-corrected chi connectivity index (χ1v) is 23.4. The molecule has 1 saturated heterocycles. The maximum Gasteiger partial charge on any atom is 0.417 e. The van der Waals surface area contributed by atoms with Crippen LogP contribution in [0.2, 0.25) is 0 Å². The number of carbonyl (C=O) groups excluding carboxylic acids is 3. The molecule has 11 heteroatoms. The van der Waals surface area contributed by atoms with Gasteiger partial charge in [-0.2, -0.15) is 0 Å². The van der Waals surface area contributed by atoms with E-state index in [1.54, 1.807) is 24.3 Å². The summed E-state index contributed by atoms with van der Waals surface area (Å²) >= 11 is 0. The van der Waals surface area contributed by atoms with Crippen LogP contribution >= 0.6 is 0 Å². The number of nitrogens with two attached hydrogens (primary N) is 1. The van der Waals surface area contributed by atoms with Crippen LogP contribution < -0.4 is 5.73 Å². The maximum atomic E-state index is 14.2. The fraction of sp³-hybridized carbons (Fsp3) is 0.809. The van der Waals surface area contributed by atoms with Gasteiger partial charge in [-0.15, -0.1) is 0 Å². The summed E-state index contributed by atoms with van der Waals surface area (Å²) in [6, 6.07) is 6.26. The standard InChI is InChI=1S/C47H83N3O8/c1-4-6-8-10-12-14-15-16-17-18-19-20-22-24-26-31-35-49(41(52)34-30-25-23-21-13-11-9-7-5-2)46-42(44(54)43(53)40(36-51)58-46)50(45(55)38(3)48)47(56)57-37-39-32-28-27-29-33-39/h27-29,32-33,38,40,42-44,46,51,53-54H,4-26,30-31,34-37,48H2,1-3H3/t38-,40+,42+,43+,44+,46+/m0/s1. The first-order valence-electron chi connectivity index (χ1n) is 23.4. The number of unbranched alkanes of at least 4 members (excludes halogenated alkanes) is 23. The van der Waals surface area contributed by atoms with E-state index in [9.17, 15) is 29.7 Å². The predicted molar refractivity (Wildman–Crippen MR) is 232 cm³/mol. The summed E-state index contributed by atoms with van der Waals surface area (Å²) in [5, 5.41) is 32.9. The molecule has 1 aromatic rings. The number of ether oxygens (including phenoxy) is 2. The normalized spacial score (nSPS) is 19.8. The van der Waals surface area contributed by atoms with Crippen LogP contribution in [0.4, 0.5) is 4.79 Å². The van der Waals surface area contributed by atoms with Crippen molar-refractivity contribution in [3.05, 3.63) is 35.9 Å². The third-order valence-corrected chi connectivity index (χ3v) is 11.6. The zero-order valence-electron chi connectivity index (χ0n) is 36.7. The van der Waals surface area contributed by atoms with Crippen LogP contribution in [-0.2, 0) is 25.7 Å². The number of hydrogen-bond donors (Lipinski definition) is 4. The quantitative estimate of drug-likeness (QED) is 0.0507. The minimum atomic E-state index is -1.75. The minimum Gasteiger partial charge on any atom is -0.444 e. The minimum absolute atomic E-state index is 0.154. The highest BCUT2D eigenvalue weighted by molar-refractivity contribution is 5.95. The Bertz CT molecular complexity index is 1200. The number of amides is 3. The molecule has 0 spiro atoms. The van der Waals surface area contributed by atoms with Crippen LogP contribution in [0, 0.1) is 0 Å². The number of benzene rings is 1. The third kappa shape index (κ3) is 20.1. The lowest BCUT2D eigenvalue weighted by atomic mass is 9.93. The molecule has 2 rings (SSSR count). The van der Waals surface area contributed by atoms with E-state index >= 15 is 0 Å². The SMILES string of the molecule is CCCCCCCCCCCCCCCCCCN(C(=O)CCCCCCCCCCC)[C@@H]1O[C@H](CO)[C@@H](O)[C@H](O)[C@H]1N(C(=O)OCc1ccccc1)C(=O)[C@H](C)N. The topological polar surface area (TPSA) is 163 Å². The highest BCUT2D eigenvalue weighted by Gasteiger charge is 2.53. The summed E-state index contributed by atoms with van der Waals surface area (Å²) in [7, 11) is 0. The van der Waals surface area contributed by atoms with E-state index < -0.39 is 55.2 Å². The van der Waals surface area contributed by atoms with E-state index in [-0.39, 0.29) is 25.5 Å². The fourth-order valence-electron chi connectivity index (χ4n) is 7.94. The molecule has 0 aromatic heterocycles. The lowest BCUT2D eigenvalue weighted by Gasteiger charge is -2.49. The second-order valence-corrected chi connectivity index (χ2v) is 16.7. The molecule has 0 saturated carbocycles. The Labute approximate surface area is 351 Å². The van der Waals surface area contributed by atoms with E-state index in [0.717, 1.165) is 38.5 Å². The maximum absolute atomic E-state index is 14.2. The smallest absolute Gasteiger partial charge is 0.417 e. The summed E-state index contributed by atoms with van der Waals surface area (Å²) < 4.78 is 11.8. The average molecular weight is 818 g/mol. The molecule has 1 fully saturated rings. The number of imide groups is 1. The molecule has 1 aliphatic rings. The molecule has 58 heavy (non-hydrogen) atoms. The van der Waals surface area contributed by atoms with E-state index in [1.807, 2.05) is 6.07 Å². The van der Waals surface area contributed by atoms with Gasteiger partial charge < -0.3 is 35.4 Å². The third-order valence-electron chi connectivity index (χ3n) is 11.6. The fourth-order valence-corrected chi connectivity index (χ4v) is 7.94. The second-order valence-electron chi connectivity index (χ2n) is 16.7. The van der Waals surface area contributed by atoms with E-state index in [4.69, 9.17) is 15.2 Å². The van der Waals surface area contributed by atoms with Crippen LogP contribution in [0.3, 0.4) is 0 Å². The molecule has 1 heterocycles. The van der Waals surface area contributed by atoms with Gasteiger partial charge >= 0.3 is 6.09 Å². The molecular weight excluding hydrogens is 735 g/mol. The molecule has 334 valence electrons. The van der Waals surface area contributed by atoms with Crippen LogP contribution in [0.25, 0.3) is 0 Å². The summed E-state index contributed by atoms with van der Waals surface area (Å²) in [4.78, 5) is 43.9. The van der Waals surface area contributed by atoms with Gasteiger partial charge in [0.1, 0.15) is 31.0 Å². The van der Waals surface area contributed by atoms with E-state index in [1.165, 1.54) is 121 Å². The van der Waals surface area contributed by atoms with Crippen molar-refractivity contribution >= 4 is 17.9 Å². The Hall–Kier alpha value is -2.57. The van der Waals surface area contributed by atoms with Crippen molar-refractivity contribution in [3.63, 3.8) is 0 Å². The van der Waals surface area contributed by atoms with Gasteiger partial charge in [-0.25, -0.2) is 9.69 Å². The van der Waals surface area contributed by atoms with Crippen molar-refractivity contribution in [2.45, 2.75) is 231 Å². The summed E-state index contributed by atoms with van der Waals surface area (Å²) in [6.45, 7) is 5.35. The Morgan fingerprint density at radius 1 is 0.690 bits per heavy atom. The molecule has 11 nitrogen and oxygen atoms in total. The zero-order valence-corrected chi connectivity index (χ0v) is 36.7. The lowest BCUT2D eigenvalue weighted by molar-refractivity contribution is -0.244. The Balaban J connectivity index is 2.12. The molecule has 6 atom stereocenters. The van der Waals surface area contributed by atoms with Gasteiger partial charge in [-0.1, -0.05) is 192 Å². The lowest BCUT2D eigenvalue weighted by Crippen LogP contribution is -2.71. The van der Waals surface area contributed by atoms with Crippen LogP contribution in [0.15, 0.2) is 30.3 Å². The Kier molecular flexibility index (Phi) is 28.7. The summed E-state index contributed by atoms with van der Waals surface area (Å²) in [5.41, 5.74) is 6.72. The average Bonchev–Trinajstić information content (AvgIpc) is 3.22. The number of nitrogens with zero attached hydrogens (tertiary/aromatic N) is 2. The van der Waals surface area contributed by atoms with Gasteiger partial charge in [0.25, 0.3) is 0 Å². The second kappa shape index (κ2) is 32.2. The largest absolute Gasteiger partial charge is 0.444 e. The van der Waals surface area contributed by atoms with Crippen molar-refractivity contribution in [3.8, 4) is 0 Å². The van der Waals surface area contributed by atoms with Crippen LogP contribution in [0.5, 0.6) is 0 Å². The molecule has 0 aliphatic carbocycles. The summed E-state index contributed by atoms with van der Waals surface area (Å²) in [5.74, 6) is -1.08. The molecule has 3 amide bonds. The van der Waals surface area contributed by atoms with Crippen molar-refractivity contribution in [1.82, 2.24) is 9.80 Å². The van der Waals surface area contributed by atoms with Crippen LogP contribution in [-0.4, -0.2) is 92.8 Å². The van der Waals surface area contributed by atoms with E-state index in [2.05, 4.69) is 13.8 Å². The Morgan fingerprint density at radius 3 is 1.59 bits per heavy atom. The highest BCUT2D eigenvalue weighted by Crippen LogP contribution is 2.30. The molecule has 0 unspecified atom stereocenters. The van der Waals surface area contributed by atoms with Crippen molar-refractivity contribution in [2.24, 2.45) is 5.73 Å². The van der Waals surface area contributed by atoms with Gasteiger partial charge in [0, 0.05) is 13.0 Å². The molecule has 5 N–H and O–H groups in total. The predicted octanol–water partition coefficient (Wildman–Crippen LogP) is 9.32. The first-order chi connectivity index (χ1) is 28.2. The molecule has 1 aliphatic heterocycles. The monoisotopic (exact) mass is 818 g/mol. The first kappa shape index (κ1) is 51.6. The van der Waals surface area contributed by atoms with Crippen molar-refractivity contribution in [1.29, 1.82) is 0 Å². The number of carbonyl (C=O) groups is 3. The van der Waals surface area contributed by atoms with Crippen LogP contribution in [0.1, 0.15) is 193 Å². The summed E-state index contributed by atoms with van der Waals surface area (Å²) in [6.07, 6.45) is 22.4. The van der Waals surface area contributed by atoms with Crippen molar-refractivity contribution in [2.75, 3.05) is 13.2 Å². The van der Waals surface area contributed by atoms with Gasteiger partial charge in [0.2, 0.25) is 11.8 Å². The zero-order chi connectivity index (χ0) is 42.4. The van der Waals surface area contributed by atoms with Crippen molar-refractivity contribution < 1.29 is 39.2 Å². The number of rotatable bonds is 33. The Morgan fingerprint density at radius 2 is 1.14 bits per heavy atom. The molecular formula is C47H83N3O8. The molecule has 0 radical (unpaired) electrons. The number of hydrogen-bond acceptors (Lipinski definition) is 9. The van der Waals surface area contributed by atoms with Gasteiger partial charge in [0.15, 0.2) is 6.23 Å². The molecule has 0 bridgehead atoms. The number of aliphatic hydroxyl groups excluding tert-OH is 3. The highest BCUT2D eigenvalue weighted by atomic mass is 16.6. The van der Waals surface area contributed by atoms with Gasteiger partial charge in [-0.3, -0.25) is 9.59 Å². The molecule has 1 aromatic carbocycles. The van der Waals surface area contributed by atoms with Gasteiger partial charge in [-0.05, 0) is 25.3 Å². The van der Waals surface area contributed by atoms with Gasteiger partial charge in [0.05, 0.1) is 12.6 Å². The van der Waals surface area contributed by atoms with E-state index in [0.29, 0.717) is 23.3 Å². The number of aliphatic hydroxyl groups is 3.